The fraction of sp³-hybridized carbons (Fsp3) is 0.0930. The van der Waals surface area contributed by atoms with Gasteiger partial charge in [0.05, 0.1) is 31.7 Å². The lowest BCUT2D eigenvalue weighted by Gasteiger charge is -2.16. The van der Waals surface area contributed by atoms with Gasteiger partial charge in [-0.1, -0.05) is 109 Å². The Kier molecular flexibility index (Phi) is 3.62. The molecule has 3 heterocycles. The first-order valence-corrected chi connectivity index (χ1v) is 15.2. The van der Waals surface area contributed by atoms with E-state index >= 15 is 0 Å². The number of aromatic nitrogens is 5. The quantitative estimate of drug-likeness (QED) is 0.195. The van der Waals surface area contributed by atoms with Crippen LogP contribution in [0, 0.1) is 0 Å². The second-order valence-corrected chi connectivity index (χ2v) is 11.2. The Bertz CT molecular complexity index is 3200. The summed E-state index contributed by atoms with van der Waals surface area (Å²) in [5, 5.41) is 3.24. The number of rotatable bonds is 3. The molecule has 0 fully saturated rings. The molecule has 0 saturated carbocycles. The summed E-state index contributed by atoms with van der Waals surface area (Å²) in [6.07, 6.45) is -14.3. The zero-order valence-electron chi connectivity index (χ0n) is 40.0. The van der Waals surface area contributed by atoms with Crippen LogP contribution in [0.15, 0.2) is 139 Å². The molecule has 3 aromatic heterocycles. The van der Waals surface area contributed by atoms with Gasteiger partial charge in [0.1, 0.15) is 0 Å². The number of nitrogens with zero attached hydrogens (tertiary/aromatic N) is 5. The van der Waals surface area contributed by atoms with Crippen LogP contribution in [-0.4, -0.2) is 24.1 Å². The van der Waals surface area contributed by atoms with Crippen molar-refractivity contribution in [2.75, 3.05) is 0 Å². The Balaban J connectivity index is 1.42. The van der Waals surface area contributed by atoms with E-state index in [0.29, 0.717) is 22.1 Å². The molecule has 0 saturated heterocycles. The topological polar surface area (TPSA) is 48.5 Å². The van der Waals surface area contributed by atoms with Crippen molar-refractivity contribution < 1.29 is 20.6 Å². The molecule has 5 nitrogen and oxygen atoms in total. The van der Waals surface area contributed by atoms with Crippen molar-refractivity contribution >= 4 is 43.6 Å². The van der Waals surface area contributed by atoms with Gasteiger partial charge in [-0.3, -0.25) is 9.13 Å². The first kappa shape index (κ1) is 16.2. The summed E-state index contributed by atoms with van der Waals surface area (Å²) in [5.74, 6) is -0.727. The zero-order chi connectivity index (χ0) is 44.9. The number of fused-ring (bicyclic) bond motifs is 6. The van der Waals surface area contributed by atoms with Gasteiger partial charge in [-0.15, -0.1) is 0 Å². The number of hydrogen-bond donors (Lipinski definition) is 0. The Morgan fingerprint density at radius 2 is 0.854 bits per heavy atom. The highest BCUT2D eigenvalue weighted by atomic mass is 15.3. The summed E-state index contributed by atoms with van der Waals surface area (Å²) < 4.78 is 141. The van der Waals surface area contributed by atoms with Crippen LogP contribution in [0.3, 0.4) is 0 Å². The monoisotopic (exact) mass is 632 g/mol. The van der Waals surface area contributed by atoms with Gasteiger partial charge in [0.25, 0.3) is 0 Å². The summed E-state index contributed by atoms with van der Waals surface area (Å²) in [7, 11) is 0. The van der Waals surface area contributed by atoms with E-state index in [0.717, 1.165) is 21.5 Å². The highest BCUT2D eigenvalue weighted by Gasteiger charge is 2.21. The van der Waals surface area contributed by atoms with Crippen molar-refractivity contribution in [1.29, 1.82) is 0 Å². The molecule has 228 valence electrons. The van der Waals surface area contributed by atoms with Crippen LogP contribution in [0.1, 0.15) is 42.8 Å². The van der Waals surface area contributed by atoms with Crippen LogP contribution in [0.25, 0.3) is 66.9 Å². The molecule has 0 unspecified atom stereocenters. The van der Waals surface area contributed by atoms with E-state index in [4.69, 9.17) is 24.5 Å². The van der Waals surface area contributed by atoms with E-state index < -0.39 is 101 Å². The van der Waals surface area contributed by atoms with Gasteiger partial charge in [0.15, 0.2) is 5.82 Å². The van der Waals surface area contributed by atoms with E-state index in [9.17, 15) is 11.0 Å². The maximum atomic E-state index is 9.74. The number of para-hydroxylation sites is 4. The van der Waals surface area contributed by atoms with E-state index in [1.165, 1.54) is 0 Å². The lowest BCUT2D eigenvalue weighted by Crippen LogP contribution is -2.11. The van der Waals surface area contributed by atoms with Crippen LogP contribution >= 0.6 is 0 Å². The van der Waals surface area contributed by atoms with E-state index in [-0.39, 0.29) is 11.9 Å². The summed E-state index contributed by atoms with van der Waals surface area (Å²) in [5.41, 5.74) is -2.66. The first-order chi connectivity index (χ1) is 29.7. The van der Waals surface area contributed by atoms with Crippen molar-refractivity contribution in [3.05, 3.63) is 162 Å². The third-order valence-electron chi connectivity index (χ3n) is 8.46. The second-order valence-electron chi connectivity index (χ2n) is 11.2. The van der Waals surface area contributed by atoms with E-state index in [1.807, 2.05) is 97.1 Å². The second kappa shape index (κ2) is 10.7. The van der Waals surface area contributed by atoms with Gasteiger partial charge in [0, 0.05) is 38.1 Å². The van der Waals surface area contributed by atoms with Crippen LogP contribution in [0.5, 0.6) is 0 Å². The van der Waals surface area contributed by atoms with Gasteiger partial charge in [-0.05, 0) is 78.1 Å². The van der Waals surface area contributed by atoms with Crippen LogP contribution < -0.4 is 0 Å². The van der Waals surface area contributed by atoms with Crippen LogP contribution in [0.4, 0.5) is 0 Å². The van der Waals surface area contributed by atoms with Crippen molar-refractivity contribution in [2.24, 2.45) is 0 Å². The van der Waals surface area contributed by atoms with Gasteiger partial charge in [0.2, 0.25) is 11.9 Å². The zero-order valence-corrected chi connectivity index (χ0v) is 25.0. The molecule has 48 heavy (non-hydrogen) atoms. The maximum Gasteiger partial charge on any atom is 0.240 e. The summed E-state index contributed by atoms with van der Waals surface area (Å²) in [6, 6.07) is 21.7. The van der Waals surface area contributed by atoms with E-state index in [2.05, 4.69) is 0 Å². The number of benzene rings is 6. The molecule has 0 radical (unpaired) electrons. The SMILES string of the molecule is [2H]c1c([2H])c2c([2H])c([2H])c1C([2H])([2H])C([2H])([2H])c1c([2H])c([2H])c(c(-c3nc(-n4c5ccccc5c5ccccc54)nc(-n4c5ccccc5c5ccccc54)n3)c1[2H])C([2H])([2H])C2([2H])[2H]. The molecule has 9 aromatic rings. The molecule has 0 N–H and O–H groups in total. The lowest BCUT2D eigenvalue weighted by molar-refractivity contribution is 0.884. The highest BCUT2D eigenvalue weighted by molar-refractivity contribution is 6.10. The standard InChI is InChI=1S/C43H31N5/c1-5-13-37-32(9-1)33-10-2-6-14-38(33)47(37)42-44-41(36-27-30-22-21-28-17-19-29(20-18-28)23-25-31(36)26-24-30)45-43(46-42)48-39-15-7-3-11-34(39)35-12-4-8-16-40(35)48/h1-20,24,26-27H,21-23,25H2/i17D,18D,19D,20D,21D2,22D2,23D2,24D,25D2,26D,27D. The van der Waals surface area contributed by atoms with Gasteiger partial charge in [-0.2, -0.15) is 15.0 Å². The van der Waals surface area contributed by atoms with Crippen LogP contribution in [-0.2, 0) is 25.5 Å². The van der Waals surface area contributed by atoms with Gasteiger partial charge < -0.3 is 0 Å². The average molecular weight is 633 g/mol. The molecule has 13 rings (SSSR count). The minimum absolute atomic E-state index is 0.0832. The Morgan fingerprint density at radius 3 is 1.33 bits per heavy atom. The molecule has 6 aromatic carbocycles. The molecular formula is C43H31N5. The van der Waals surface area contributed by atoms with Gasteiger partial charge >= 0.3 is 0 Å². The fourth-order valence-electron chi connectivity index (χ4n) is 6.36. The van der Waals surface area contributed by atoms with Crippen molar-refractivity contribution in [3.8, 4) is 23.3 Å². The van der Waals surface area contributed by atoms with E-state index in [1.54, 1.807) is 9.13 Å². The molecule has 0 amide bonds. The van der Waals surface area contributed by atoms with Crippen molar-refractivity contribution in [3.63, 3.8) is 0 Å². The maximum absolute atomic E-state index is 9.74. The highest BCUT2D eigenvalue weighted by Crippen LogP contribution is 2.35. The molecule has 0 aliphatic heterocycles. The molecule has 0 atom stereocenters. The molecular weight excluding hydrogens is 587 g/mol. The smallest absolute Gasteiger partial charge is 0.240 e. The third kappa shape index (κ3) is 4.28. The van der Waals surface area contributed by atoms with Crippen LogP contribution in [0.2, 0.25) is 0 Å². The largest absolute Gasteiger partial charge is 0.278 e. The predicted octanol–water partition coefficient (Wildman–Crippen LogP) is 9.62. The Morgan fingerprint density at radius 1 is 0.458 bits per heavy atom. The van der Waals surface area contributed by atoms with Crippen molar-refractivity contribution in [2.45, 2.75) is 25.5 Å². The minimum Gasteiger partial charge on any atom is -0.278 e. The molecule has 4 aliphatic rings. The average Bonchev–Trinajstić information content (AvgIpc) is 3.76. The minimum atomic E-state index is -3.60. The predicted molar refractivity (Wildman–Crippen MR) is 195 cm³/mol. The fourth-order valence-corrected chi connectivity index (χ4v) is 6.36. The third-order valence-corrected chi connectivity index (χ3v) is 8.46. The normalized spacial score (nSPS) is 21.8. The molecule has 4 bridgehead atoms. The van der Waals surface area contributed by atoms with Crippen molar-refractivity contribution in [1.82, 2.24) is 24.1 Å². The molecule has 4 aliphatic carbocycles. The summed E-state index contributed by atoms with van der Waals surface area (Å²) in [6.45, 7) is 0. The Hall–Kier alpha value is -6.07. The number of hydrogen-bond acceptors (Lipinski definition) is 3. The summed E-state index contributed by atoms with van der Waals surface area (Å²) >= 11 is 0. The van der Waals surface area contributed by atoms with Gasteiger partial charge in [-0.25, -0.2) is 0 Å². The summed E-state index contributed by atoms with van der Waals surface area (Å²) in [4.78, 5) is 14.7. The lowest BCUT2D eigenvalue weighted by atomic mass is 9.93. The first-order valence-electron chi connectivity index (χ1n) is 22.7. The molecule has 5 heteroatoms. The molecule has 0 spiro atoms. The Labute approximate surface area is 298 Å².